The Kier molecular flexibility index (Phi) is 5.64. The second-order valence-corrected chi connectivity index (χ2v) is 6.90. The van der Waals surface area contributed by atoms with Crippen molar-refractivity contribution in [2.24, 2.45) is 0 Å². The van der Waals surface area contributed by atoms with Gasteiger partial charge in [-0.2, -0.15) is 0 Å². The highest BCUT2D eigenvalue weighted by Crippen LogP contribution is 2.26. The molecular weight excluding hydrogens is 322 g/mol. The smallest absolute Gasteiger partial charge is 0.306 e. The fourth-order valence-corrected chi connectivity index (χ4v) is 3.70. The van der Waals surface area contributed by atoms with Crippen molar-refractivity contribution >= 4 is 28.9 Å². The first kappa shape index (κ1) is 16.7. The highest BCUT2D eigenvalue weighted by Gasteiger charge is 2.22. The van der Waals surface area contributed by atoms with Crippen LogP contribution in [-0.4, -0.2) is 25.0 Å². The zero-order chi connectivity index (χ0) is 16.8. The number of carbonyl (C=O) groups excluding carboxylic acids is 2. The van der Waals surface area contributed by atoms with Gasteiger partial charge in [-0.25, -0.2) is 0 Å². The minimum absolute atomic E-state index is 0.145. The minimum Gasteiger partial charge on any atom is -0.456 e. The van der Waals surface area contributed by atoms with Crippen molar-refractivity contribution in [1.29, 1.82) is 0 Å². The molecule has 3 rings (SSSR count). The Morgan fingerprint density at radius 2 is 2.04 bits per heavy atom. The highest BCUT2D eigenvalue weighted by atomic mass is 32.1. The molecular formula is C19H21NO3S. The average molecular weight is 343 g/mol. The largest absolute Gasteiger partial charge is 0.456 e. The minimum atomic E-state index is -0.301. The zero-order valence-electron chi connectivity index (χ0n) is 13.6. The van der Waals surface area contributed by atoms with E-state index >= 15 is 0 Å². The molecule has 1 aliphatic heterocycles. The molecule has 5 heteroatoms. The number of aryl methyl sites for hydroxylation is 2. The van der Waals surface area contributed by atoms with Gasteiger partial charge in [-0.15, -0.1) is 11.3 Å². The zero-order valence-corrected chi connectivity index (χ0v) is 14.4. The van der Waals surface area contributed by atoms with E-state index in [1.54, 1.807) is 16.2 Å². The molecule has 126 valence electrons. The number of esters is 1. The lowest BCUT2D eigenvalue weighted by molar-refractivity contribution is -0.147. The van der Waals surface area contributed by atoms with Crippen LogP contribution in [-0.2, 0) is 27.2 Å². The Labute approximate surface area is 146 Å². The molecule has 1 aromatic carbocycles. The molecule has 2 aromatic rings. The van der Waals surface area contributed by atoms with Gasteiger partial charge in [0.05, 0.1) is 0 Å². The number of para-hydroxylation sites is 1. The SMILES string of the molecule is O=C(CCCc1cccs1)OCC(=O)N1CCCc2ccccc21. The summed E-state index contributed by atoms with van der Waals surface area (Å²) in [5.41, 5.74) is 2.13. The van der Waals surface area contributed by atoms with Gasteiger partial charge >= 0.3 is 5.97 Å². The van der Waals surface area contributed by atoms with Crippen LogP contribution in [0.5, 0.6) is 0 Å². The van der Waals surface area contributed by atoms with E-state index in [9.17, 15) is 9.59 Å². The molecule has 1 aromatic heterocycles. The van der Waals surface area contributed by atoms with Crippen LogP contribution >= 0.6 is 11.3 Å². The monoisotopic (exact) mass is 343 g/mol. The number of nitrogens with zero attached hydrogens (tertiary/aromatic N) is 1. The van der Waals surface area contributed by atoms with Crippen molar-refractivity contribution in [3.05, 3.63) is 52.2 Å². The standard InChI is InChI=1S/C19H21NO3S/c21-18(20-12-4-7-15-6-1-2-10-17(15)20)14-23-19(22)11-3-8-16-9-5-13-24-16/h1-2,5-6,9-10,13H,3-4,7-8,11-12,14H2. The number of carbonyl (C=O) groups is 2. The maximum atomic E-state index is 12.4. The number of hydrogen-bond acceptors (Lipinski definition) is 4. The van der Waals surface area contributed by atoms with Crippen LogP contribution in [0, 0.1) is 0 Å². The number of anilines is 1. The van der Waals surface area contributed by atoms with Gasteiger partial charge in [0, 0.05) is 23.5 Å². The molecule has 1 aliphatic rings. The Balaban J connectivity index is 1.45. The van der Waals surface area contributed by atoms with Crippen molar-refractivity contribution < 1.29 is 14.3 Å². The maximum absolute atomic E-state index is 12.4. The van der Waals surface area contributed by atoms with Crippen molar-refractivity contribution in [3.8, 4) is 0 Å². The van der Waals surface area contributed by atoms with Crippen LogP contribution < -0.4 is 4.90 Å². The number of amides is 1. The number of benzene rings is 1. The first-order valence-electron chi connectivity index (χ1n) is 8.30. The van der Waals surface area contributed by atoms with Crippen molar-refractivity contribution in [1.82, 2.24) is 0 Å². The van der Waals surface area contributed by atoms with E-state index in [0.29, 0.717) is 13.0 Å². The number of ether oxygens (including phenoxy) is 1. The first-order valence-corrected chi connectivity index (χ1v) is 9.18. The number of hydrogen-bond donors (Lipinski definition) is 0. The van der Waals surface area contributed by atoms with Crippen molar-refractivity contribution in [2.45, 2.75) is 32.1 Å². The molecule has 0 radical (unpaired) electrons. The topological polar surface area (TPSA) is 46.6 Å². The Morgan fingerprint density at radius 3 is 2.88 bits per heavy atom. The third kappa shape index (κ3) is 4.23. The number of thiophene rings is 1. The summed E-state index contributed by atoms with van der Waals surface area (Å²) in [5, 5.41) is 2.03. The molecule has 0 spiro atoms. The van der Waals surface area contributed by atoms with E-state index in [1.807, 2.05) is 35.7 Å². The van der Waals surface area contributed by atoms with Gasteiger partial charge in [-0.05, 0) is 48.8 Å². The van der Waals surface area contributed by atoms with E-state index in [4.69, 9.17) is 4.74 Å². The Hall–Kier alpha value is -2.14. The quantitative estimate of drug-likeness (QED) is 0.753. The summed E-state index contributed by atoms with van der Waals surface area (Å²) in [5.74, 6) is -0.445. The van der Waals surface area contributed by atoms with Gasteiger partial charge in [0.2, 0.25) is 0 Å². The van der Waals surface area contributed by atoms with Crippen LogP contribution in [0.3, 0.4) is 0 Å². The van der Waals surface area contributed by atoms with E-state index in [-0.39, 0.29) is 18.5 Å². The summed E-state index contributed by atoms with van der Waals surface area (Å²) in [6, 6.07) is 12.0. The third-order valence-electron chi connectivity index (χ3n) is 4.15. The molecule has 2 heterocycles. The average Bonchev–Trinajstić information content (AvgIpc) is 3.12. The summed E-state index contributed by atoms with van der Waals surface area (Å²) in [7, 11) is 0. The van der Waals surface area contributed by atoms with Crippen LogP contribution in [0.25, 0.3) is 0 Å². The maximum Gasteiger partial charge on any atom is 0.306 e. The van der Waals surface area contributed by atoms with Crippen LogP contribution in [0.4, 0.5) is 5.69 Å². The summed E-state index contributed by atoms with van der Waals surface area (Å²) in [6.07, 6.45) is 3.90. The fourth-order valence-electron chi connectivity index (χ4n) is 2.95. The summed E-state index contributed by atoms with van der Waals surface area (Å²) in [4.78, 5) is 27.2. The second-order valence-electron chi connectivity index (χ2n) is 5.87. The van der Waals surface area contributed by atoms with E-state index in [0.717, 1.165) is 31.4 Å². The lowest BCUT2D eigenvalue weighted by Gasteiger charge is -2.29. The van der Waals surface area contributed by atoms with Gasteiger partial charge in [-0.1, -0.05) is 24.3 Å². The van der Waals surface area contributed by atoms with Crippen LogP contribution in [0.2, 0.25) is 0 Å². The molecule has 0 unspecified atom stereocenters. The van der Waals surface area contributed by atoms with Crippen LogP contribution in [0.15, 0.2) is 41.8 Å². The number of rotatable bonds is 6. The second kappa shape index (κ2) is 8.11. The molecule has 0 saturated heterocycles. The van der Waals surface area contributed by atoms with Gasteiger partial charge in [0.15, 0.2) is 6.61 Å². The summed E-state index contributed by atoms with van der Waals surface area (Å²) in [6.45, 7) is 0.512. The van der Waals surface area contributed by atoms with Gasteiger partial charge in [-0.3, -0.25) is 9.59 Å². The van der Waals surface area contributed by atoms with Gasteiger partial charge in [0.25, 0.3) is 5.91 Å². The van der Waals surface area contributed by atoms with E-state index < -0.39 is 0 Å². The first-order chi connectivity index (χ1) is 11.7. The molecule has 0 atom stereocenters. The van der Waals surface area contributed by atoms with Crippen LogP contribution in [0.1, 0.15) is 29.7 Å². The molecule has 0 fully saturated rings. The lowest BCUT2D eigenvalue weighted by Crippen LogP contribution is -2.38. The Bertz CT molecular complexity index is 696. The molecule has 0 bridgehead atoms. The fraction of sp³-hybridized carbons (Fsp3) is 0.368. The van der Waals surface area contributed by atoms with E-state index in [2.05, 4.69) is 6.07 Å². The summed E-state index contributed by atoms with van der Waals surface area (Å²) >= 11 is 1.69. The third-order valence-corrected chi connectivity index (χ3v) is 5.09. The Morgan fingerprint density at radius 1 is 1.17 bits per heavy atom. The van der Waals surface area contributed by atoms with Gasteiger partial charge < -0.3 is 9.64 Å². The molecule has 4 nitrogen and oxygen atoms in total. The predicted octanol–water partition coefficient (Wildman–Crippen LogP) is 3.59. The molecule has 24 heavy (non-hydrogen) atoms. The molecule has 0 aliphatic carbocycles. The van der Waals surface area contributed by atoms with Crippen molar-refractivity contribution in [3.63, 3.8) is 0 Å². The summed E-state index contributed by atoms with van der Waals surface area (Å²) < 4.78 is 5.16. The number of fused-ring (bicyclic) bond motifs is 1. The normalized spacial score (nSPS) is 13.4. The van der Waals surface area contributed by atoms with Crippen molar-refractivity contribution in [2.75, 3.05) is 18.1 Å². The van der Waals surface area contributed by atoms with Gasteiger partial charge in [0.1, 0.15) is 0 Å². The van der Waals surface area contributed by atoms with E-state index in [1.165, 1.54) is 10.4 Å². The highest BCUT2D eigenvalue weighted by molar-refractivity contribution is 7.09. The molecule has 0 saturated carbocycles. The lowest BCUT2D eigenvalue weighted by atomic mass is 10.0. The molecule has 0 N–H and O–H groups in total. The molecule has 1 amide bonds. The predicted molar refractivity (Wildman–Crippen MR) is 95.3 cm³/mol.